The molecule has 0 aliphatic heterocycles. The number of amides is 1. The maximum atomic E-state index is 12.6. The van der Waals surface area contributed by atoms with Crippen molar-refractivity contribution in [2.75, 3.05) is 5.32 Å². The van der Waals surface area contributed by atoms with E-state index < -0.39 is 5.91 Å². The van der Waals surface area contributed by atoms with Gasteiger partial charge in [0.2, 0.25) is 5.43 Å². The minimum atomic E-state index is -0.423. The maximum Gasteiger partial charge on any atom is 0.262 e. The predicted molar refractivity (Wildman–Crippen MR) is 96.9 cm³/mol. The fraction of sp³-hybridized carbons (Fsp3) is 0.316. The number of aryl methyl sites for hydroxylation is 1. The van der Waals surface area contributed by atoms with Crippen molar-refractivity contribution in [3.05, 3.63) is 58.0 Å². The van der Waals surface area contributed by atoms with Crippen LogP contribution in [-0.2, 0) is 7.05 Å². The predicted octanol–water partition coefficient (Wildman–Crippen LogP) is 3.17. The number of anilines is 1. The summed E-state index contributed by atoms with van der Waals surface area (Å²) in [6, 6.07) is 9.08. The van der Waals surface area contributed by atoms with Crippen molar-refractivity contribution in [1.82, 2.24) is 14.8 Å². The molecule has 1 amide bonds. The van der Waals surface area contributed by atoms with Crippen LogP contribution in [0.1, 0.15) is 47.7 Å². The summed E-state index contributed by atoms with van der Waals surface area (Å²) < 4.78 is 1.67. The summed E-state index contributed by atoms with van der Waals surface area (Å²) in [4.78, 5) is 28.2. The highest BCUT2D eigenvalue weighted by molar-refractivity contribution is 6.05. The molecular weight excluding hydrogens is 316 g/mol. The second kappa shape index (κ2) is 6.20. The van der Waals surface area contributed by atoms with Crippen molar-refractivity contribution in [2.24, 2.45) is 7.05 Å². The quantitative estimate of drug-likeness (QED) is 0.771. The lowest BCUT2D eigenvalue weighted by Crippen LogP contribution is -2.22. The molecule has 1 aromatic carbocycles. The van der Waals surface area contributed by atoms with Gasteiger partial charge in [-0.1, -0.05) is 25.0 Å². The number of carbonyl (C=O) groups excluding carboxylic acids is 1. The van der Waals surface area contributed by atoms with Crippen LogP contribution in [-0.4, -0.2) is 20.7 Å². The number of rotatable bonds is 3. The number of H-pyrrole nitrogens is 1. The van der Waals surface area contributed by atoms with Crippen molar-refractivity contribution in [1.29, 1.82) is 0 Å². The standard InChI is InChI=1S/C19H20N4O2/c1-23-17(10-16(22-23)12-6-2-3-7-12)21-19(25)14-11-20-15-9-5-4-8-13(15)18(14)24/h4-5,8-12H,2-3,6-7H2,1H3,(H,20,24)(H,21,25). The van der Waals surface area contributed by atoms with Gasteiger partial charge in [0.25, 0.3) is 5.91 Å². The van der Waals surface area contributed by atoms with Crippen LogP contribution in [0.15, 0.2) is 41.3 Å². The molecular formula is C19H20N4O2. The Morgan fingerprint density at radius 2 is 2.04 bits per heavy atom. The molecule has 1 aliphatic carbocycles. The molecule has 6 heteroatoms. The third kappa shape index (κ3) is 2.84. The number of nitrogens with zero attached hydrogens (tertiary/aromatic N) is 2. The molecule has 6 nitrogen and oxygen atoms in total. The molecule has 0 radical (unpaired) electrons. The Morgan fingerprint density at radius 3 is 2.84 bits per heavy atom. The van der Waals surface area contributed by atoms with E-state index >= 15 is 0 Å². The summed E-state index contributed by atoms with van der Waals surface area (Å²) >= 11 is 0. The Labute approximate surface area is 144 Å². The maximum absolute atomic E-state index is 12.6. The Bertz CT molecular complexity index is 996. The van der Waals surface area contributed by atoms with E-state index in [-0.39, 0.29) is 11.0 Å². The highest BCUT2D eigenvalue weighted by Gasteiger charge is 2.22. The molecule has 25 heavy (non-hydrogen) atoms. The van der Waals surface area contributed by atoms with Gasteiger partial charge in [-0.2, -0.15) is 5.10 Å². The molecule has 2 aromatic heterocycles. The minimum absolute atomic E-state index is 0.0994. The Balaban J connectivity index is 1.62. The minimum Gasteiger partial charge on any atom is -0.360 e. The van der Waals surface area contributed by atoms with Gasteiger partial charge < -0.3 is 10.3 Å². The third-order valence-electron chi connectivity index (χ3n) is 4.95. The highest BCUT2D eigenvalue weighted by atomic mass is 16.2. The molecule has 2 N–H and O–H groups in total. The first kappa shape index (κ1) is 15.6. The van der Waals surface area contributed by atoms with Crippen molar-refractivity contribution < 1.29 is 4.79 Å². The topological polar surface area (TPSA) is 79.8 Å². The normalized spacial score (nSPS) is 14.9. The SMILES string of the molecule is Cn1nc(C2CCCC2)cc1NC(=O)c1c[nH]c2ccccc2c1=O. The smallest absolute Gasteiger partial charge is 0.262 e. The van der Waals surface area contributed by atoms with Crippen LogP contribution in [0.2, 0.25) is 0 Å². The zero-order valence-corrected chi connectivity index (χ0v) is 14.1. The Hall–Kier alpha value is -2.89. The van der Waals surface area contributed by atoms with Crippen molar-refractivity contribution in [3.63, 3.8) is 0 Å². The molecule has 0 bridgehead atoms. The van der Waals surface area contributed by atoms with Crippen molar-refractivity contribution in [2.45, 2.75) is 31.6 Å². The molecule has 1 aliphatic rings. The number of aromatic nitrogens is 3. The van der Waals surface area contributed by atoms with Gasteiger partial charge in [0.05, 0.1) is 5.69 Å². The number of pyridine rings is 1. The van der Waals surface area contributed by atoms with Crippen LogP contribution in [0.5, 0.6) is 0 Å². The van der Waals surface area contributed by atoms with Crippen molar-refractivity contribution >= 4 is 22.6 Å². The van der Waals surface area contributed by atoms with E-state index in [0.717, 1.165) is 18.5 Å². The Morgan fingerprint density at radius 1 is 1.28 bits per heavy atom. The van der Waals surface area contributed by atoms with Gasteiger partial charge in [-0.3, -0.25) is 14.3 Å². The molecule has 2 heterocycles. The van der Waals surface area contributed by atoms with Crippen LogP contribution in [0.3, 0.4) is 0 Å². The van der Waals surface area contributed by atoms with Crippen LogP contribution >= 0.6 is 0 Å². The largest absolute Gasteiger partial charge is 0.360 e. The second-order valence-electron chi connectivity index (χ2n) is 6.59. The summed E-state index contributed by atoms with van der Waals surface area (Å²) in [6.07, 6.45) is 6.22. The summed E-state index contributed by atoms with van der Waals surface area (Å²) in [5.74, 6) is 0.661. The number of fused-ring (bicyclic) bond motifs is 1. The number of hydrogen-bond acceptors (Lipinski definition) is 3. The van der Waals surface area contributed by atoms with E-state index in [9.17, 15) is 9.59 Å². The Kier molecular flexibility index (Phi) is 3.87. The van der Waals surface area contributed by atoms with E-state index in [1.165, 1.54) is 19.0 Å². The van der Waals surface area contributed by atoms with E-state index in [1.54, 1.807) is 23.9 Å². The molecule has 1 fully saturated rings. The van der Waals surface area contributed by atoms with Gasteiger partial charge in [-0.05, 0) is 25.0 Å². The fourth-order valence-electron chi connectivity index (χ4n) is 3.55. The monoisotopic (exact) mass is 336 g/mol. The van der Waals surface area contributed by atoms with E-state index in [4.69, 9.17) is 0 Å². The van der Waals surface area contributed by atoms with Gasteiger partial charge in [0.15, 0.2) is 0 Å². The van der Waals surface area contributed by atoms with E-state index in [1.807, 2.05) is 18.2 Å². The number of aromatic amines is 1. The number of nitrogens with one attached hydrogen (secondary N) is 2. The van der Waals surface area contributed by atoms with Gasteiger partial charge in [-0.15, -0.1) is 0 Å². The van der Waals surface area contributed by atoms with E-state index in [0.29, 0.717) is 22.6 Å². The summed E-state index contributed by atoms with van der Waals surface area (Å²) in [6.45, 7) is 0. The lowest BCUT2D eigenvalue weighted by Gasteiger charge is -2.05. The van der Waals surface area contributed by atoms with E-state index in [2.05, 4.69) is 15.4 Å². The molecule has 128 valence electrons. The van der Waals surface area contributed by atoms with Crippen LogP contribution in [0.4, 0.5) is 5.82 Å². The first-order chi connectivity index (χ1) is 12.1. The molecule has 0 saturated heterocycles. The van der Waals surface area contributed by atoms with Gasteiger partial charge in [0.1, 0.15) is 11.4 Å². The first-order valence-electron chi connectivity index (χ1n) is 8.59. The van der Waals surface area contributed by atoms with Crippen molar-refractivity contribution in [3.8, 4) is 0 Å². The third-order valence-corrected chi connectivity index (χ3v) is 4.95. The average molecular weight is 336 g/mol. The number of benzene rings is 1. The molecule has 3 aromatic rings. The van der Waals surface area contributed by atoms with Crippen LogP contribution in [0, 0.1) is 0 Å². The summed E-state index contributed by atoms with van der Waals surface area (Å²) in [5.41, 5.74) is 1.56. The van der Waals surface area contributed by atoms with Crippen LogP contribution < -0.4 is 10.7 Å². The molecule has 0 unspecified atom stereocenters. The summed E-state index contributed by atoms with van der Waals surface area (Å²) in [7, 11) is 1.80. The lowest BCUT2D eigenvalue weighted by molar-refractivity contribution is 0.102. The molecule has 4 rings (SSSR count). The molecule has 1 saturated carbocycles. The number of hydrogen-bond donors (Lipinski definition) is 2. The zero-order chi connectivity index (χ0) is 17.4. The second-order valence-corrected chi connectivity index (χ2v) is 6.59. The fourth-order valence-corrected chi connectivity index (χ4v) is 3.55. The highest BCUT2D eigenvalue weighted by Crippen LogP contribution is 2.34. The zero-order valence-electron chi connectivity index (χ0n) is 14.1. The lowest BCUT2D eigenvalue weighted by atomic mass is 10.0. The van der Waals surface area contributed by atoms with Gasteiger partial charge in [0, 0.05) is 36.1 Å². The van der Waals surface area contributed by atoms with Crippen LogP contribution in [0.25, 0.3) is 10.9 Å². The number of carbonyl (C=O) groups is 1. The average Bonchev–Trinajstić information content (AvgIpc) is 3.26. The first-order valence-corrected chi connectivity index (χ1v) is 8.59. The molecule has 0 atom stereocenters. The number of para-hydroxylation sites is 1. The van der Waals surface area contributed by atoms with Gasteiger partial charge in [-0.25, -0.2) is 0 Å². The summed E-state index contributed by atoms with van der Waals surface area (Å²) in [5, 5.41) is 7.85. The van der Waals surface area contributed by atoms with Gasteiger partial charge >= 0.3 is 0 Å². The molecule has 0 spiro atoms.